The van der Waals surface area contributed by atoms with Crippen molar-refractivity contribution in [1.82, 2.24) is 4.90 Å². The Kier molecular flexibility index (Phi) is 2.73. The van der Waals surface area contributed by atoms with Crippen LogP contribution in [0.25, 0.3) is 0 Å². The van der Waals surface area contributed by atoms with Gasteiger partial charge in [0.15, 0.2) is 0 Å². The second-order valence-electron chi connectivity index (χ2n) is 4.01. The fourth-order valence-corrected chi connectivity index (χ4v) is 2.19. The Morgan fingerprint density at radius 1 is 1.75 bits per heavy atom. The fourth-order valence-electron chi connectivity index (χ4n) is 2.19. The van der Waals surface area contributed by atoms with Gasteiger partial charge in [0.1, 0.15) is 0 Å². The van der Waals surface area contributed by atoms with Crippen LogP contribution in [0.1, 0.15) is 26.2 Å². The van der Waals surface area contributed by atoms with Crippen molar-refractivity contribution in [3.8, 4) is 0 Å². The van der Waals surface area contributed by atoms with Gasteiger partial charge < -0.3 is 14.4 Å². The maximum atomic E-state index is 14.1. The van der Waals surface area contributed by atoms with Crippen molar-refractivity contribution < 1.29 is 23.5 Å². The van der Waals surface area contributed by atoms with Gasteiger partial charge in [0.25, 0.3) is 0 Å². The summed E-state index contributed by atoms with van der Waals surface area (Å²) in [7, 11) is 0. The number of carbonyl (C=O) groups excluding carboxylic acids is 2. The Hall–Kier alpha value is -1.33. The van der Waals surface area contributed by atoms with Gasteiger partial charge in [-0.25, -0.2) is 9.59 Å². The highest BCUT2D eigenvalue weighted by Gasteiger charge is 2.53. The molecule has 2 heterocycles. The highest BCUT2D eigenvalue weighted by atomic mass is 19.2. The molecule has 2 aliphatic rings. The average Bonchev–Trinajstić information content (AvgIpc) is 2.66. The molecule has 2 aliphatic heterocycles. The molecule has 6 heteroatoms. The van der Waals surface area contributed by atoms with Crippen molar-refractivity contribution in [2.45, 2.75) is 38.1 Å². The van der Waals surface area contributed by atoms with Crippen LogP contribution in [0.3, 0.4) is 0 Å². The first-order valence-electron chi connectivity index (χ1n) is 5.42. The lowest BCUT2D eigenvalue weighted by molar-refractivity contribution is -0.199. The number of rotatable bonds is 2. The summed E-state index contributed by atoms with van der Waals surface area (Å²) in [6.45, 7) is 2.21. The van der Waals surface area contributed by atoms with E-state index in [1.54, 1.807) is 6.92 Å². The molecule has 16 heavy (non-hydrogen) atoms. The number of nitrogens with zero attached hydrogens (tertiary/aromatic N) is 1. The van der Waals surface area contributed by atoms with Gasteiger partial charge in [-0.3, -0.25) is 0 Å². The van der Waals surface area contributed by atoms with Gasteiger partial charge in [-0.15, -0.1) is 0 Å². The Morgan fingerprint density at radius 3 is 3.19 bits per heavy atom. The Morgan fingerprint density at radius 2 is 2.50 bits per heavy atom. The molecule has 2 atom stereocenters. The zero-order valence-corrected chi connectivity index (χ0v) is 9.07. The topological polar surface area (TPSA) is 55.8 Å². The third-order valence-corrected chi connectivity index (χ3v) is 2.94. The second kappa shape index (κ2) is 3.92. The quantitative estimate of drug-likeness (QED) is 0.670. The van der Waals surface area contributed by atoms with E-state index in [-0.39, 0.29) is 19.1 Å². The van der Waals surface area contributed by atoms with E-state index in [0.29, 0.717) is 13.0 Å². The number of hydrogen-bond acceptors (Lipinski definition) is 4. The van der Waals surface area contributed by atoms with Crippen LogP contribution >= 0.6 is 0 Å². The van der Waals surface area contributed by atoms with Crippen molar-refractivity contribution in [3.63, 3.8) is 0 Å². The fraction of sp³-hybridized carbons (Fsp3) is 0.800. The Balaban J connectivity index is 2.12. The molecule has 0 aliphatic carbocycles. The lowest BCUT2D eigenvalue weighted by atomic mass is 10.0. The Labute approximate surface area is 92.5 Å². The van der Waals surface area contributed by atoms with Crippen molar-refractivity contribution in [1.29, 1.82) is 0 Å². The van der Waals surface area contributed by atoms with E-state index in [0.717, 1.165) is 6.42 Å². The van der Waals surface area contributed by atoms with E-state index in [2.05, 4.69) is 9.47 Å². The van der Waals surface area contributed by atoms with Crippen LogP contribution in [0.4, 0.5) is 9.18 Å². The largest absolute Gasteiger partial charge is 0.461 e. The summed E-state index contributed by atoms with van der Waals surface area (Å²) in [5, 5.41) is 0. The smallest absolute Gasteiger partial charge is 0.413 e. The van der Waals surface area contributed by atoms with Gasteiger partial charge >= 0.3 is 17.9 Å². The Bertz CT molecular complexity index is 322. The molecule has 0 aromatic carbocycles. The minimum absolute atomic E-state index is 0.0659. The van der Waals surface area contributed by atoms with E-state index in [1.807, 2.05) is 0 Å². The number of fused-ring (bicyclic) bond motifs is 1. The summed E-state index contributed by atoms with van der Waals surface area (Å²) in [6.07, 6.45) is 0.639. The predicted octanol–water partition coefficient (Wildman–Crippen LogP) is 1.22. The molecule has 90 valence electrons. The van der Waals surface area contributed by atoms with Crippen LogP contribution in [0.2, 0.25) is 0 Å². The SMILES string of the molecule is CCOC(=O)[C@]1(F)C[C@@H]2CCCN2C(=O)O1. The van der Waals surface area contributed by atoms with Gasteiger partial charge in [-0.1, -0.05) is 0 Å². The first-order valence-corrected chi connectivity index (χ1v) is 5.42. The zero-order valence-electron chi connectivity index (χ0n) is 9.07. The third-order valence-electron chi connectivity index (χ3n) is 2.94. The lowest BCUT2D eigenvalue weighted by Gasteiger charge is -2.36. The molecule has 2 fully saturated rings. The lowest BCUT2D eigenvalue weighted by Crippen LogP contribution is -2.54. The highest BCUT2D eigenvalue weighted by Crippen LogP contribution is 2.35. The molecule has 0 saturated carbocycles. The average molecular weight is 231 g/mol. The van der Waals surface area contributed by atoms with Crippen molar-refractivity contribution in [2.75, 3.05) is 13.2 Å². The van der Waals surface area contributed by atoms with E-state index in [4.69, 9.17) is 0 Å². The van der Waals surface area contributed by atoms with Crippen molar-refractivity contribution in [2.24, 2.45) is 0 Å². The maximum Gasteiger partial charge on any atom is 0.413 e. The van der Waals surface area contributed by atoms with Gasteiger partial charge in [0.2, 0.25) is 0 Å². The van der Waals surface area contributed by atoms with E-state index >= 15 is 0 Å². The number of halogens is 1. The predicted molar refractivity (Wildman–Crippen MR) is 51.3 cm³/mol. The van der Waals surface area contributed by atoms with Crippen LogP contribution in [0.15, 0.2) is 0 Å². The van der Waals surface area contributed by atoms with Gasteiger partial charge in [-0.2, -0.15) is 4.39 Å². The van der Waals surface area contributed by atoms with E-state index < -0.39 is 17.9 Å². The van der Waals surface area contributed by atoms with Gasteiger partial charge in [-0.05, 0) is 19.8 Å². The molecule has 0 radical (unpaired) electrons. The normalized spacial score (nSPS) is 33.2. The molecule has 0 aromatic heterocycles. The summed E-state index contributed by atoms with van der Waals surface area (Å²) in [4.78, 5) is 24.3. The first kappa shape index (κ1) is 11.2. The molecule has 1 amide bonds. The minimum atomic E-state index is -2.60. The standard InChI is InChI=1S/C10H14FNO4/c1-2-15-8(13)10(11)6-7-4-3-5-12(7)9(14)16-10/h7H,2-6H2,1H3/t7-,10-/m0/s1. The summed E-state index contributed by atoms with van der Waals surface area (Å²) in [5.41, 5.74) is 0. The van der Waals surface area contributed by atoms with Crippen LogP contribution in [-0.2, 0) is 14.3 Å². The number of hydrogen-bond donors (Lipinski definition) is 0. The van der Waals surface area contributed by atoms with Crippen LogP contribution in [0.5, 0.6) is 0 Å². The summed E-state index contributed by atoms with van der Waals surface area (Å²) in [6, 6.07) is -0.240. The summed E-state index contributed by atoms with van der Waals surface area (Å²) < 4.78 is 23.2. The molecule has 0 N–H and O–H groups in total. The van der Waals surface area contributed by atoms with Gasteiger partial charge in [0.05, 0.1) is 13.0 Å². The zero-order chi connectivity index (χ0) is 11.8. The van der Waals surface area contributed by atoms with E-state index in [1.165, 1.54) is 4.90 Å². The molecule has 0 spiro atoms. The second-order valence-corrected chi connectivity index (χ2v) is 4.01. The van der Waals surface area contributed by atoms with E-state index in [9.17, 15) is 14.0 Å². The van der Waals surface area contributed by atoms with Crippen molar-refractivity contribution in [3.05, 3.63) is 0 Å². The number of alkyl halides is 1. The number of carbonyl (C=O) groups is 2. The molecule has 5 nitrogen and oxygen atoms in total. The first-order chi connectivity index (χ1) is 7.57. The molecular formula is C10H14FNO4. The molecular weight excluding hydrogens is 217 g/mol. The molecule has 0 aromatic rings. The number of ether oxygens (including phenoxy) is 2. The maximum absolute atomic E-state index is 14.1. The van der Waals surface area contributed by atoms with Crippen molar-refractivity contribution >= 4 is 12.1 Å². The summed E-state index contributed by atoms with van der Waals surface area (Å²) in [5.74, 6) is -3.70. The monoisotopic (exact) mass is 231 g/mol. The highest BCUT2D eigenvalue weighted by molar-refractivity contribution is 5.83. The van der Waals surface area contributed by atoms with Crippen LogP contribution < -0.4 is 0 Å². The minimum Gasteiger partial charge on any atom is -0.461 e. The van der Waals surface area contributed by atoms with Crippen LogP contribution in [0, 0.1) is 0 Å². The molecule has 0 unspecified atom stereocenters. The van der Waals surface area contributed by atoms with Crippen LogP contribution in [-0.4, -0.2) is 42.0 Å². The number of amides is 1. The molecule has 0 bridgehead atoms. The summed E-state index contributed by atoms with van der Waals surface area (Å²) >= 11 is 0. The molecule has 2 rings (SSSR count). The number of esters is 1. The van der Waals surface area contributed by atoms with Gasteiger partial charge in [0, 0.05) is 12.6 Å². The third kappa shape index (κ3) is 1.72. The number of cyclic esters (lactones) is 1. The molecule has 2 saturated heterocycles.